The van der Waals surface area contributed by atoms with Crippen molar-refractivity contribution in [2.24, 2.45) is 0 Å². The summed E-state index contributed by atoms with van der Waals surface area (Å²) in [5.41, 5.74) is 3.50. The molecule has 3 rings (SSSR count). The quantitative estimate of drug-likeness (QED) is 0.720. The van der Waals surface area contributed by atoms with Gasteiger partial charge in [0, 0.05) is 18.8 Å². The third kappa shape index (κ3) is 3.87. The van der Waals surface area contributed by atoms with Gasteiger partial charge in [-0.15, -0.1) is 0 Å². The Morgan fingerprint density at radius 1 is 0.792 bits per heavy atom. The van der Waals surface area contributed by atoms with Crippen molar-refractivity contribution in [3.63, 3.8) is 0 Å². The number of phenols is 1. The van der Waals surface area contributed by atoms with Gasteiger partial charge in [-0.3, -0.25) is 0 Å². The molecule has 0 unspecified atom stereocenters. The summed E-state index contributed by atoms with van der Waals surface area (Å²) in [5, 5.41) is 9.78. The lowest BCUT2D eigenvalue weighted by Gasteiger charge is -2.25. The standard InChI is InChI=1S/C21H21NO2/c1-24-21-14-18(12-13-20(21)23)16-22(19-10-6-3-7-11-19)15-17-8-4-2-5-9-17/h2-14,23H,15-16H2,1H3. The van der Waals surface area contributed by atoms with Gasteiger partial charge in [0.05, 0.1) is 7.11 Å². The van der Waals surface area contributed by atoms with Gasteiger partial charge in [-0.1, -0.05) is 54.6 Å². The summed E-state index contributed by atoms with van der Waals surface area (Å²) in [5.74, 6) is 0.663. The molecule has 0 aliphatic heterocycles. The van der Waals surface area contributed by atoms with Gasteiger partial charge in [0.1, 0.15) is 0 Å². The van der Waals surface area contributed by atoms with Crippen molar-refractivity contribution in [2.45, 2.75) is 13.1 Å². The van der Waals surface area contributed by atoms with Crippen molar-refractivity contribution in [3.05, 3.63) is 90.0 Å². The molecule has 24 heavy (non-hydrogen) atoms. The molecule has 0 aromatic heterocycles. The molecule has 3 nitrogen and oxygen atoms in total. The summed E-state index contributed by atoms with van der Waals surface area (Å²) >= 11 is 0. The molecule has 1 N–H and O–H groups in total. The second-order valence-corrected chi connectivity index (χ2v) is 5.68. The lowest BCUT2D eigenvalue weighted by atomic mass is 10.1. The van der Waals surface area contributed by atoms with Gasteiger partial charge >= 0.3 is 0 Å². The van der Waals surface area contributed by atoms with Gasteiger partial charge in [0.2, 0.25) is 0 Å². The third-order valence-electron chi connectivity index (χ3n) is 3.96. The highest BCUT2D eigenvalue weighted by Crippen LogP contribution is 2.28. The van der Waals surface area contributed by atoms with E-state index in [-0.39, 0.29) is 5.75 Å². The smallest absolute Gasteiger partial charge is 0.160 e. The van der Waals surface area contributed by atoms with Crippen LogP contribution < -0.4 is 9.64 Å². The van der Waals surface area contributed by atoms with Crippen LogP contribution in [0, 0.1) is 0 Å². The van der Waals surface area contributed by atoms with Crippen LogP contribution >= 0.6 is 0 Å². The molecule has 0 atom stereocenters. The zero-order valence-corrected chi connectivity index (χ0v) is 13.7. The molecule has 0 saturated carbocycles. The summed E-state index contributed by atoms with van der Waals surface area (Å²) in [6.07, 6.45) is 0. The number of hydrogen-bond acceptors (Lipinski definition) is 3. The Hall–Kier alpha value is -2.94. The topological polar surface area (TPSA) is 32.7 Å². The molecule has 3 heteroatoms. The van der Waals surface area contributed by atoms with E-state index in [1.165, 1.54) is 5.56 Å². The van der Waals surface area contributed by atoms with E-state index in [2.05, 4.69) is 41.3 Å². The van der Waals surface area contributed by atoms with Crippen LogP contribution in [0.2, 0.25) is 0 Å². The van der Waals surface area contributed by atoms with Crippen molar-refractivity contribution < 1.29 is 9.84 Å². The fourth-order valence-electron chi connectivity index (χ4n) is 2.72. The number of para-hydroxylation sites is 1. The maximum absolute atomic E-state index is 9.78. The summed E-state index contributed by atoms with van der Waals surface area (Å²) in [6.45, 7) is 1.55. The highest BCUT2D eigenvalue weighted by molar-refractivity contribution is 5.49. The molecular formula is C21H21NO2. The minimum Gasteiger partial charge on any atom is -0.504 e. The Morgan fingerprint density at radius 2 is 1.42 bits per heavy atom. The van der Waals surface area contributed by atoms with Crippen LogP contribution in [0.4, 0.5) is 5.69 Å². The molecule has 0 aliphatic carbocycles. The SMILES string of the molecule is COc1cc(CN(Cc2ccccc2)c2ccccc2)ccc1O. The van der Waals surface area contributed by atoms with Crippen LogP contribution in [-0.4, -0.2) is 12.2 Å². The number of phenolic OH excluding ortho intramolecular Hbond substituents is 1. The van der Waals surface area contributed by atoms with Gasteiger partial charge in [-0.2, -0.15) is 0 Å². The highest BCUT2D eigenvalue weighted by atomic mass is 16.5. The molecule has 0 radical (unpaired) electrons. The molecule has 122 valence electrons. The van der Waals surface area contributed by atoms with Gasteiger partial charge in [-0.25, -0.2) is 0 Å². The van der Waals surface area contributed by atoms with Crippen LogP contribution in [0.5, 0.6) is 11.5 Å². The molecule has 0 bridgehead atoms. The Labute approximate surface area is 142 Å². The average molecular weight is 319 g/mol. The minimum absolute atomic E-state index is 0.163. The van der Waals surface area contributed by atoms with E-state index in [0.717, 1.165) is 24.3 Å². The molecule has 0 heterocycles. The van der Waals surface area contributed by atoms with Gasteiger partial charge in [0.15, 0.2) is 11.5 Å². The molecule has 0 saturated heterocycles. The second kappa shape index (κ2) is 7.55. The normalized spacial score (nSPS) is 10.4. The minimum atomic E-state index is 0.163. The summed E-state index contributed by atoms with van der Waals surface area (Å²) in [7, 11) is 1.57. The highest BCUT2D eigenvalue weighted by Gasteiger charge is 2.10. The van der Waals surface area contributed by atoms with Crippen LogP contribution in [-0.2, 0) is 13.1 Å². The van der Waals surface area contributed by atoms with Crippen LogP contribution in [0.1, 0.15) is 11.1 Å². The van der Waals surface area contributed by atoms with Crippen molar-refractivity contribution in [2.75, 3.05) is 12.0 Å². The fraction of sp³-hybridized carbons (Fsp3) is 0.143. The Balaban J connectivity index is 1.87. The van der Waals surface area contributed by atoms with E-state index in [9.17, 15) is 5.11 Å². The average Bonchev–Trinajstić information content (AvgIpc) is 2.64. The van der Waals surface area contributed by atoms with Crippen molar-refractivity contribution in [1.82, 2.24) is 0 Å². The van der Waals surface area contributed by atoms with E-state index in [1.54, 1.807) is 13.2 Å². The number of anilines is 1. The van der Waals surface area contributed by atoms with Gasteiger partial charge in [0.25, 0.3) is 0 Å². The molecule has 0 spiro atoms. The van der Waals surface area contributed by atoms with E-state index < -0.39 is 0 Å². The molecule has 3 aromatic carbocycles. The monoisotopic (exact) mass is 319 g/mol. The lowest BCUT2D eigenvalue weighted by molar-refractivity contribution is 0.373. The number of ether oxygens (including phenoxy) is 1. The molecule has 0 aliphatic rings. The first-order chi connectivity index (χ1) is 11.8. The van der Waals surface area contributed by atoms with E-state index >= 15 is 0 Å². The number of nitrogens with zero attached hydrogens (tertiary/aromatic N) is 1. The predicted molar refractivity (Wildman–Crippen MR) is 97.4 cm³/mol. The first kappa shape index (κ1) is 15.9. The van der Waals surface area contributed by atoms with Crippen LogP contribution in [0.15, 0.2) is 78.9 Å². The predicted octanol–water partition coefficient (Wildman–Crippen LogP) is 4.61. The zero-order chi connectivity index (χ0) is 16.8. The number of aromatic hydroxyl groups is 1. The first-order valence-corrected chi connectivity index (χ1v) is 7.96. The zero-order valence-electron chi connectivity index (χ0n) is 13.7. The second-order valence-electron chi connectivity index (χ2n) is 5.68. The van der Waals surface area contributed by atoms with E-state index in [1.807, 2.05) is 36.4 Å². The van der Waals surface area contributed by atoms with Crippen molar-refractivity contribution in [3.8, 4) is 11.5 Å². The molecule has 0 fully saturated rings. The van der Waals surface area contributed by atoms with E-state index in [4.69, 9.17) is 4.74 Å². The van der Waals surface area contributed by atoms with Gasteiger partial charge < -0.3 is 14.7 Å². The maximum Gasteiger partial charge on any atom is 0.160 e. The number of benzene rings is 3. The van der Waals surface area contributed by atoms with E-state index in [0.29, 0.717) is 5.75 Å². The van der Waals surface area contributed by atoms with Crippen molar-refractivity contribution >= 4 is 5.69 Å². The largest absolute Gasteiger partial charge is 0.504 e. The Kier molecular flexibility index (Phi) is 5.02. The summed E-state index contributed by atoms with van der Waals surface area (Å²) < 4.78 is 5.22. The Morgan fingerprint density at radius 3 is 2.08 bits per heavy atom. The van der Waals surface area contributed by atoms with Crippen LogP contribution in [0.3, 0.4) is 0 Å². The third-order valence-corrected chi connectivity index (χ3v) is 3.96. The molecule has 0 amide bonds. The molecular weight excluding hydrogens is 298 g/mol. The van der Waals surface area contributed by atoms with Gasteiger partial charge in [-0.05, 0) is 35.4 Å². The number of hydrogen-bond donors (Lipinski definition) is 1. The van der Waals surface area contributed by atoms with Crippen molar-refractivity contribution in [1.29, 1.82) is 0 Å². The number of methoxy groups -OCH3 is 1. The maximum atomic E-state index is 9.78. The van der Waals surface area contributed by atoms with Crippen LogP contribution in [0.25, 0.3) is 0 Å². The number of rotatable bonds is 6. The molecule has 3 aromatic rings. The first-order valence-electron chi connectivity index (χ1n) is 7.96. The summed E-state index contributed by atoms with van der Waals surface area (Å²) in [6, 6.07) is 26.2. The Bertz CT molecular complexity index is 772. The fourth-order valence-corrected chi connectivity index (χ4v) is 2.72. The lowest BCUT2D eigenvalue weighted by Crippen LogP contribution is -2.22. The summed E-state index contributed by atoms with van der Waals surface area (Å²) in [4.78, 5) is 2.31.